The van der Waals surface area contributed by atoms with Crippen molar-refractivity contribution < 1.29 is 9.53 Å². The van der Waals surface area contributed by atoms with Crippen LogP contribution in [0.3, 0.4) is 0 Å². The highest BCUT2D eigenvalue weighted by Crippen LogP contribution is 2.44. The van der Waals surface area contributed by atoms with Crippen LogP contribution in [0.15, 0.2) is 48.8 Å². The number of rotatable bonds is 6. The van der Waals surface area contributed by atoms with Crippen LogP contribution in [0.2, 0.25) is 0 Å². The lowest BCUT2D eigenvalue weighted by Crippen LogP contribution is -2.33. The number of ether oxygens (including phenoxy) is 1. The number of piperidine rings is 1. The molecule has 0 spiro atoms. The zero-order valence-electron chi connectivity index (χ0n) is 18.5. The predicted octanol–water partition coefficient (Wildman–Crippen LogP) is 3.82. The van der Waals surface area contributed by atoms with E-state index in [1.54, 1.807) is 10.9 Å². The third kappa shape index (κ3) is 4.12. The molecule has 2 aliphatic heterocycles. The number of aromatic nitrogens is 3. The summed E-state index contributed by atoms with van der Waals surface area (Å²) in [6, 6.07) is 12.0. The van der Waals surface area contributed by atoms with Crippen LogP contribution >= 0.6 is 0 Å². The van der Waals surface area contributed by atoms with Crippen molar-refractivity contribution in [3.8, 4) is 17.0 Å². The molecule has 2 aromatic heterocycles. The lowest BCUT2D eigenvalue weighted by Gasteiger charge is -2.28. The Balaban J connectivity index is 1.46. The van der Waals surface area contributed by atoms with E-state index in [9.17, 15) is 4.79 Å². The Morgan fingerprint density at radius 3 is 2.78 bits per heavy atom. The molecule has 1 N–H and O–H groups in total. The summed E-state index contributed by atoms with van der Waals surface area (Å²) in [5.41, 5.74) is 3.84. The summed E-state index contributed by atoms with van der Waals surface area (Å²) in [6.07, 6.45) is 7.80. The van der Waals surface area contributed by atoms with Crippen molar-refractivity contribution in [2.75, 3.05) is 31.6 Å². The number of carbonyl (C=O) groups excluding carboxylic acids is 1. The second kappa shape index (κ2) is 9.12. The van der Waals surface area contributed by atoms with Crippen LogP contribution in [0, 0.1) is 0 Å². The number of carbonyl (C=O) groups is 1. The SMILES string of the molecule is Cn1nc(-c2cccnc2)c2c1NC(=O)CC2c1ccccc1OCCN1CCCCC1. The third-order valence-corrected chi connectivity index (χ3v) is 6.42. The van der Waals surface area contributed by atoms with E-state index in [1.807, 2.05) is 43.6 Å². The summed E-state index contributed by atoms with van der Waals surface area (Å²) in [5.74, 6) is 1.45. The van der Waals surface area contributed by atoms with Gasteiger partial charge in [0, 0.05) is 55.0 Å². The number of para-hydroxylation sites is 1. The topological polar surface area (TPSA) is 72.3 Å². The molecule has 7 heteroatoms. The van der Waals surface area contributed by atoms with Crippen LogP contribution in [0.1, 0.15) is 42.7 Å². The lowest BCUT2D eigenvalue weighted by molar-refractivity contribution is -0.116. The summed E-state index contributed by atoms with van der Waals surface area (Å²) in [6.45, 7) is 3.88. The van der Waals surface area contributed by atoms with Gasteiger partial charge in [-0.05, 0) is 44.1 Å². The maximum atomic E-state index is 12.6. The van der Waals surface area contributed by atoms with Crippen molar-refractivity contribution in [1.29, 1.82) is 0 Å². The second-order valence-electron chi connectivity index (χ2n) is 8.57. The van der Waals surface area contributed by atoms with Crippen LogP contribution in [0.5, 0.6) is 5.75 Å². The molecule has 32 heavy (non-hydrogen) atoms. The Kier molecular flexibility index (Phi) is 5.90. The molecule has 1 atom stereocenters. The van der Waals surface area contributed by atoms with Gasteiger partial charge in [-0.15, -0.1) is 0 Å². The van der Waals surface area contributed by atoms with Crippen LogP contribution < -0.4 is 10.1 Å². The molecule has 5 rings (SSSR count). The minimum Gasteiger partial charge on any atom is -0.492 e. The number of fused-ring (bicyclic) bond motifs is 1. The van der Waals surface area contributed by atoms with E-state index in [0.29, 0.717) is 13.0 Å². The van der Waals surface area contributed by atoms with Gasteiger partial charge in [0.15, 0.2) is 0 Å². The van der Waals surface area contributed by atoms with E-state index < -0.39 is 0 Å². The van der Waals surface area contributed by atoms with Crippen LogP contribution in [0.4, 0.5) is 5.82 Å². The molecule has 2 aliphatic rings. The molecule has 4 heterocycles. The quantitative estimate of drug-likeness (QED) is 0.642. The third-order valence-electron chi connectivity index (χ3n) is 6.42. The molecule has 3 aromatic rings. The van der Waals surface area contributed by atoms with Crippen LogP contribution in [0.25, 0.3) is 11.3 Å². The first-order chi connectivity index (χ1) is 15.7. The molecule has 0 radical (unpaired) electrons. The average Bonchev–Trinajstić information content (AvgIpc) is 3.16. The number of hydrogen-bond donors (Lipinski definition) is 1. The Labute approximate surface area is 188 Å². The lowest BCUT2D eigenvalue weighted by atomic mass is 9.84. The number of aryl methyl sites for hydroxylation is 1. The van der Waals surface area contributed by atoms with Gasteiger partial charge in [-0.2, -0.15) is 5.10 Å². The number of pyridine rings is 1. The van der Waals surface area contributed by atoms with E-state index >= 15 is 0 Å². The van der Waals surface area contributed by atoms with Crippen LogP contribution in [-0.2, 0) is 11.8 Å². The standard InChI is InChI=1S/C25H29N5O2/c1-29-25-23(24(28-29)18-8-7-11-26-17-18)20(16-22(31)27-25)19-9-3-4-10-21(19)32-15-14-30-12-5-2-6-13-30/h3-4,7-11,17,20H,2,5-6,12-16H2,1H3,(H,27,31). The molecule has 0 bridgehead atoms. The van der Waals surface area contributed by atoms with E-state index in [4.69, 9.17) is 9.84 Å². The van der Waals surface area contributed by atoms with Gasteiger partial charge >= 0.3 is 0 Å². The monoisotopic (exact) mass is 431 g/mol. The molecule has 1 aromatic carbocycles. The predicted molar refractivity (Wildman–Crippen MR) is 124 cm³/mol. The molecule has 1 saturated heterocycles. The first kappa shape index (κ1) is 20.7. The number of anilines is 1. The molecule has 1 fully saturated rings. The number of nitrogens with zero attached hydrogens (tertiary/aromatic N) is 4. The van der Waals surface area contributed by atoms with Gasteiger partial charge in [-0.1, -0.05) is 24.6 Å². The highest BCUT2D eigenvalue weighted by atomic mass is 16.5. The summed E-state index contributed by atoms with van der Waals surface area (Å²) >= 11 is 0. The molecule has 0 saturated carbocycles. The van der Waals surface area contributed by atoms with E-state index in [1.165, 1.54) is 19.3 Å². The first-order valence-electron chi connectivity index (χ1n) is 11.4. The van der Waals surface area contributed by atoms with Crippen LogP contribution in [-0.4, -0.2) is 51.8 Å². The van der Waals surface area contributed by atoms with Crippen molar-refractivity contribution in [1.82, 2.24) is 19.7 Å². The van der Waals surface area contributed by atoms with Crippen molar-refractivity contribution in [3.63, 3.8) is 0 Å². The first-order valence-corrected chi connectivity index (χ1v) is 11.4. The zero-order valence-corrected chi connectivity index (χ0v) is 18.5. The van der Waals surface area contributed by atoms with E-state index in [0.717, 1.165) is 53.6 Å². The number of nitrogens with one attached hydrogen (secondary N) is 1. The number of benzene rings is 1. The minimum absolute atomic E-state index is 0.00800. The Hall–Kier alpha value is -3.19. The second-order valence-corrected chi connectivity index (χ2v) is 8.57. The molecule has 1 unspecified atom stereocenters. The van der Waals surface area contributed by atoms with Crippen molar-refractivity contribution in [2.24, 2.45) is 7.05 Å². The molecular formula is C25H29N5O2. The molecular weight excluding hydrogens is 402 g/mol. The van der Waals surface area contributed by atoms with Gasteiger partial charge in [0.2, 0.25) is 5.91 Å². The summed E-state index contributed by atoms with van der Waals surface area (Å²) in [5, 5.41) is 7.76. The van der Waals surface area contributed by atoms with Gasteiger partial charge in [0.1, 0.15) is 18.2 Å². The van der Waals surface area contributed by atoms with Gasteiger partial charge in [0.25, 0.3) is 0 Å². The Morgan fingerprint density at radius 1 is 1.12 bits per heavy atom. The fourth-order valence-corrected chi connectivity index (χ4v) is 4.84. The number of amides is 1. The minimum atomic E-state index is -0.131. The molecule has 0 aliphatic carbocycles. The zero-order chi connectivity index (χ0) is 21.9. The normalized spacial score (nSPS) is 18.8. The van der Waals surface area contributed by atoms with E-state index in [2.05, 4.69) is 21.3 Å². The summed E-state index contributed by atoms with van der Waals surface area (Å²) in [4.78, 5) is 19.4. The highest BCUT2D eigenvalue weighted by molar-refractivity contribution is 5.96. The largest absolute Gasteiger partial charge is 0.492 e. The van der Waals surface area contributed by atoms with Gasteiger partial charge in [-0.25, -0.2) is 0 Å². The van der Waals surface area contributed by atoms with Gasteiger partial charge < -0.3 is 10.1 Å². The molecule has 7 nitrogen and oxygen atoms in total. The maximum Gasteiger partial charge on any atom is 0.226 e. The van der Waals surface area contributed by atoms with Gasteiger partial charge in [0.05, 0.1) is 5.69 Å². The molecule has 1 amide bonds. The summed E-state index contributed by atoms with van der Waals surface area (Å²) < 4.78 is 8.03. The molecule has 166 valence electrons. The maximum absolute atomic E-state index is 12.6. The highest BCUT2D eigenvalue weighted by Gasteiger charge is 2.34. The number of likely N-dealkylation sites (tertiary alicyclic amines) is 1. The van der Waals surface area contributed by atoms with Crippen molar-refractivity contribution >= 4 is 11.7 Å². The fraction of sp³-hybridized carbons (Fsp3) is 0.400. The summed E-state index contributed by atoms with van der Waals surface area (Å²) in [7, 11) is 1.86. The van der Waals surface area contributed by atoms with E-state index in [-0.39, 0.29) is 11.8 Å². The average molecular weight is 432 g/mol. The van der Waals surface area contributed by atoms with Crippen molar-refractivity contribution in [3.05, 3.63) is 59.9 Å². The van der Waals surface area contributed by atoms with Gasteiger partial charge in [-0.3, -0.25) is 19.4 Å². The Bertz CT molecular complexity index is 1090. The Morgan fingerprint density at radius 2 is 1.97 bits per heavy atom. The number of hydrogen-bond acceptors (Lipinski definition) is 5. The van der Waals surface area contributed by atoms with Crippen molar-refractivity contribution in [2.45, 2.75) is 31.6 Å². The fourth-order valence-electron chi connectivity index (χ4n) is 4.84. The smallest absolute Gasteiger partial charge is 0.226 e.